The van der Waals surface area contributed by atoms with Crippen LogP contribution in [0.15, 0.2) is 72.8 Å². The van der Waals surface area contributed by atoms with Gasteiger partial charge in [-0.05, 0) is 55.3 Å². The van der Waals surface area contributed by atoms with Crippen molar-refractivity contribution < 1.29 is 18.0 Å². The second kappa shape index (κ2) is 10.1. The molecular weight excluding hydrogens is 501 g/mol. The quantitative estimate of drug-likeness (QED) is 0.461. The summed E-state index contributed by atoms with van der Waals surface area (Å²) >= 11 is 0. The number of anilines is 3. The average molecular weight is 535 g/mol. The van der Waals surface area contributed by atoms with Crippen LogP contribution in [0.25, 0.3) is 0 Å². The number of para-hydroxylation sites is 1. The minimum Gasteiger partial charge on any atom is -0.368 e. The first-order valence-electron chi connectivity index (χ1n) is 13.6. The van der Waals surface area contributed by atoms with Crippen LogP contribution in [0.4, 0.5) is 30.2 Å². The van der Waals surface area contributed by atoms with Crippen LogP contribution >= 0.6 is 0 Å². The van der Waals surface area contributed by atoms with Gasteiger partial charge in [0.25, 0.3) is 0 Å². The highest BCUT2D eigenvalue weighted by atomic mass is 19.4. The molecule has 1 amide bonds. The van der Waals surface area contributed by atoms with Crippen molar-refractivity contribution in [3.05, 3.63) is 89.5 Å². The van der Waals surface area contributed by atoms with E-state index in [-0.39, 0.29) is 17.9 Å². The van der Waals surface area contributed by atoms with E-state index in [1.54, 1.807) is 6.07 Å². The molecule has 0 N–H and O–H groups in total. The lowest BCUT2D eigenvalue weighted by Crippen LogP contribution is -2.62. The number of alkyl halides is 3. The number of fused-ring (bicyclic) bond motifs is 3. The van der Waals surface area contributed by atoms with Crippen LogP contribution in [0.5, 0.6) is 0 Å². The molecule has 0 spiro atoms. The Hall–Kier alpha value is -3.68. The molecule has 3 heterocycles. The maximum atomic E-state index is 14.0. The maximum absolute atomic E-state index is 14.0. The van der Waals surface area contributed by atoms with E-state index in [2.05, 4.69) is 59.2 Å². The highest BCUT2D eigenvalue weighted by Crippen LogP contribution is 2.38. The van der Waals surface area contributed by atoms with Gasteiger partial charge in [0, 0.05) is 62.9 Å². The molecule has 204 valence electrons. The van der Waals surface area contributed by atoms with E-state index < -0.39 is 11.7 Å². The molecule has 2 atom stereocenters. The summed E-state index contributed by atoms with van der Waals surface area (Å²) in [5, 5.41) is 0. The van der Waals surface area contributed by atoms with Gasteiger partial charge in [-0.15, -0.1) is 0 Å². The van der Waals surface area contributed by atoms with Crippen molar-refractivity contribution in [3.8, 4) is 0 Å². The van der Waals surface area contributed by atoms with E-state index in [1.807, 2.05) is 15.9 Å². The van der Waals surface area contributed by atoms with Gasteiger partial charge in [-0.2, -0.15) is 13.2 Å². The van der Waals surface area contributed by atoms with Gasteiger partial charge in [-0.1, -0.05) is 42.0 Å². The lowest BCUT2D eigenvalue weighted by atomic mass is 9.82. The molecule has 0 radical (unpaired) electrons. The molecule has 2 fully saturated rings. The minimum atomic E-state index is -4.37. The smallest absolute Gasteiger partial charge is 0.368 e. The molecule has 3 aliphatic rings. The molecule has 3 aliphatic heterocycles. The predicted molar refractivity (Wildman–Crippen MR) is 148 cm³/mol. The van der Waals surface area contributed by atoms with Crippen molar-refractivity contribution in [2.75, 3.05) is 60.5 Å². The molecule has 0 unspecified atom stereocenters. The third kappa shape index (κ3) is 5.04. The lowest BCUT2D eigenvalue weighted by Gasteiger charge is -2.50. The Morgan fingerprint density at radius 2 is 1.51 bits per heavy atom. The Kier molecular flexibility index (Phi) is 6.65. The van der Waals surface area contributed by atoms with E-state index in [0.29, 0.717) is 38.3 Å². The van der Waals surface area contributed by atoms with E-state index in [0.717, 1.165) is 25.7 Å². The number of hydrogen-bond donors (Lipinski definition) is 0. The summed E-state index contributed by atoms with van der Waals surface area (Å²) in [5.74, 6) is -0.0257. The van der Waals surface area contributed by atoms with Gasteiger partial charge in [0.05, 0.1) is 17.5 Å². The zero-order valence-electron chi connectivity index (χ0n) is 22.1. The zero-order valence-corrected chi connectivity index (χ0v) is 22.1. The van der Waals surface area contributed by atoms with Crippen molar-refractivity contribution in [2.45, 2.75) is 25.6 Å². The molecule has 0 aromatic heterocycles. The van der Waals surface area contributed by atoms with Crippen LogP contribution in [0, 0.1) is 12.8 Å². The number of aryl methyl sites for hydroxylation is 1. The fourth-order valence-electron chi connectivity index (χ4n) is 6.33. The van der Waals surface area contributed by atoms with Crippen LogP contribution in [-0.2, 0) is 17.4 Å². The second-order valence-electron chi connectivity index (χ2n) is 10.8. The largest absolute Gasteiger partial charge is 0.416 e. The second-order valence-corrected chi connectivity index (χ2v) is 10.8. The van der Waals surface area contributed by atoms with Gasteiger partial charge in [-0.25, -0.2) is 0 Å². The number of halogens is 3. The summed E-state index contributed by atoms with van der Waals surface area (Å²) in [6.07, 6.45) is -3.67. The normalized spacial score (nSPS) is 21.4. The molecule has 0 saturated carbocycles. The zero-order chi connectivity index (χ0) is 27.1. The first kappa shape index (κ1) is 25.6. The van der Waals surface area contributed by atoms with E-state index in [4.69, 9.17) is 0 Å². The highest BCUT2D eigenvalue weighted by molar-refractivity contribution is 5.83. The number of benzene rings is 3. The summed E-state index contributed by atoms with van der Waals surface area (Å²) in [6, 6.07) is 22.5. The summed E-state index contributed by atoms with van der Waals surface area (Å²) in [7, 11) is 0. The molecular formula is C31H33F3N4O. The van der Waals surface area contributed by atoms with Gasteiger partial charge in [0.1, 0.15) is 0 Å². The highest BCUT2D eigenvalue weighted by Gasteiger charge is 2.43. The topological polar surface area (TPSA) is 30.0 Å². The maximum Gasteiger partial charge on any atom is 0.416 e. The fraction of sp³-hybridized carbons (Fsp3) is 0.387. The molecule has 39 heavy (non-hydrogen) atoms. The van der Waals surface area contributed by atoms with Crippen LogP contribution < -0.4 is 14.7 Å². The number of carbonyl (C=O) groups is 1. The Morgan fingerprint density at radius 1 is 0.795 bits per heavy atom. The summed E-state index contributed by atoms with van der Waals surface area (Å²) in [5.41, 5.74) is 4.75. The van der Waals surface area contributed by atoms with E-state index in [9.17, 15) is 18.0 Å². The number of rotatable bonds is 3. The van der Waals surface area contributed by atoms with Gasteiger partial charge in [0.2, 0.25) is 5.91 Å². The summed E-state index contributed by atoms with van der Waals surface area (Å²) < 4.78 is 39.7. The van der Waals surface area contributed by atoms with Crippen molar-refractivity contribution in [3.63, 3.8) is 0 Å². The summed E-state index contributed by atoms with van der Waals surface area (Å²) in [6.45, 7) is 6.64. The van der Waals surface area contributed by atoms with Crippen molar-refractivity contribution in [1.82, 2.24) is 4.90 Å². The summed E-state index contributed by atoms with van der Waals surface area (Å²) in [4.78, 5) is 22.7. The number of amides is 1. The number of carbonyl (C=O) groups excluding carboxylic acids is 1. The standard InChI is InChI=1S/C31H33F3N4O/c1-22-9-11-25(12-10-22)37-17-18-38-28-8-3-2-5-23(28)19-27(29(38)21-37)30(39)36-15-13-35(14-16-36)26-7-4-6-24(20-26)31(32,33)34/h2-12,20,27,29H,13-19,21H2,1H3/t27-,29-/m1/s1. The number of hydrogen-bond acceptors (Lipinski definition) is 4. The van der Waals surface area contributed by atoms with Crippen LogP contribution in [0.3, 0.4) is 0 Å². The predicted octanol–water partition coefficient (Wildman–Crippen LogP) is 5.23. The SMILES string of the molecule is Cc1ccc(N2CCN3c4ccccc4C[C@@H](C(=O)N4CCN(c5cccc(C(F)(F)F)c5)CC4)[C@H]3C2)cc1. The molecule has 2 saturated heterocycles. The van der Waals surface area contributed by atoms with Crippen LogP contribution in [-0.4, -0.2) is 62.7 Å². The lowest BCUT2D eigenvalue weighted by molar-refractivity contribution is -0.137. The third-order valence-corrected chi connectivity index (χ3v) is 8.47. The fourth-order valence-corrected chi connectivity index (χ4v) is 6.33. The molecule has 3 aromatic rings. The molecule has 6 rings (SSSR count). The number of piperazine rings is 2. The van der Waals surface area contributed by atoms with Crippen LogP contribution in [0.1, 0.15) is 16.7 Å². The van der Waals surface area contributed by atoms with E-state index >= 15 is 0 Å². The Bertz CT molecular complexity index is 1330. The van der Waals surface area contributed by atoms with Crippen LogP contribution in [0.2, 0.25) is 0 Å². The van der Waals surface area contributed by atoms with Crippen molar-refractivity contribution >= 4 is 23.0 Å². The van der Waals surface area contributed by atoms with Gasteiger partial charge >= 0.3 is 6.18 Å². The molecule has 8 heteroatoms. The number of nitrogens with zero attached hydrogens (tertiary/aromatic N) is 4. The molecule has 5 nitrogen and oxygen atoms in total. The van der Waals surface area contributed by atoms with Crippen molar-refractivity contribution in [1.29, 1.82) is 0 Å². The molecule has 0 aliphatic carbocycles. The Morgan fingerprint density at radius 3 is 2.26 bits per heavy atom. The van der Waals surface area contributed by atoms with Gasteiger partial charge in [0.15, 0.2) is 0 Å². The average Bonchev–Trinajstić information content (AvgIpc) is 2.96. The Labute approximate surface area is 227 Å². The van der Waals surface area contributed by atoms with Crippen molar-refractivity contribution in [2.24, 2.45) is 5.92 Å². The molecule has 3 aromatic carbocycles. The third-order valence-electron chi connectivity index (χ3n) is 8.47. The van der Waals surface area contributed by atoms with Gasteiger partial charge < -0.3 is 19.6 Å². The first-order valence-corrected chi connectivity index (χ1v) is 13.6. The Balaban J connectivity index is 1.20. The molecule has 0 bridgehead atoms. The van der Waals surface area contributed by atoms with Gasteiger partial charge in [-0.3, -0.25) is 4.79 Å². The van der Waals surface area contributed by atoms with E-state index in [1.165, 1.54) is 34.6 Å². The minimum absolute atomic E-state index is 0.0592. The first-order chi connectivity index (χ1) is 18.8. The monoisotopic (exact) mass is 534 g/mol.